The lowest BCUT2D eigenvalue weighted by atomic mass is 10.0. The van der Waals surface area contributed by atoms with E-state index in [4.69, 9.17) is 0 Å². The molecule has 0 aliphatic carbocycles. The van der Waals surface area contributed by atoms with Crippen LogP contribution >= 0.6 is 0 Å². The smallest absolute Gasteiger partial charge is 0.322 e. The number of carbonyl (C=O) groups excluding carboxylic acids is 3. The van der Waals surface area contributed by atoms with Crippen molar-refractivity contribution in [3.8, 4) is 0 Å². The van der Waals surface area contributed by atoms with Crippen molar-refractivity contribution in [2.24, 2.45) is 0 Å². The lowest BCUT2D eigenvalue weighted by Crippen LogP contribution is -2.53. The molecular weight excluding hydrogens is 624 g/mol. The number of carbonyl (C=O) groups is 3. The third kappa shape index (κ3) is 11.6. The van der Waals surface area contributed by atoms with Crippen molar-refractivity contribution in [3.63, 3.8) is 0 Å². The molecule has 5 aromatic carbocycles. The fraction of sp³-hybridized carbons (Fsp3) is 0.195. The Morgan fingerprint density at radius 2 is 0.960 bits per heavy atom. The van der Waals surface area contributed by atoms with E-state index in [0.29, 0.717) is 30.0 Å². The van der Waals surface area contributed by atoms with E-state index in [2.05, 4.69) is 33.4 Å². The van der Waals surface area contributed by atoms with Gasteiger partial charge in [0.05, 0.1) is 6.04 Å². The molecule has 0 aromatic heterocycles. The summed E-state index contributed by atoms with van der Waals surface area (Å²) in [5.41, 5.74) is 4.22. The number of hydrogen-bond donors (Lipinski definition) is 4. The molecular formula is C41H44N6O3. The van der Waals surface area contributed by atoms with Crippen molar-refractivity contribution in [1.29, 1.82) is 0 Å². The summed E-state index contributed by atoms with van der Waals surface area (Å²) in [7, 11) is 0. The van der Waals surface area contributed by atoms with E-state index in [0.717, 1.165) is 18.4 Å². The molecule has 1 unspecified atom stereocenters. The second kappa shape index (κ2) is 19.0. The van der Waals surface area contributed by atoms with Gasteiger partial charge in [0.25, 0.3) is 0 Å². The SMILES string of the molecule is O=C(NCC(Cc1ccccc1)N(CCN(CCCc1ccccc1)C(=O)Nc1ccccc1)C(=O)Nc1ccccc1)Nc1ccccc1. The number of aryl methyl sites for hydroxylation is 1. The van der Waals surface area contributed by atoms with Crippen LogP contribution in [-0.2, 0) is 12.8 Å². The van der Waals surface area contributed by atoms with Gasteiger partial charge in [0.2, 0.25) is 0 Å². The van der Waals surface area contributed by atoms with Gasteiger partial charge in [0.15, 0.2) is 0 Å². The molecule has 1 atom stereocenters. The third-order valence-electron chi connectivity index (χ3n) is 8.23. The number of nitrogens with zero attached hydrogens (tertiary/aromatic N) is 2. The van der Waals surface area contributed by atoms with E-state index < -0.39 is 6.04 Å². The molecule has 5 rings (SSSR count). The summed E-state index contributed by atoms with van der Waals surface area (Å²) in [5, 5.41) is 11.9. The van der Waals surface area contributed by atoms with Crippen LogP contribution in [0.5, 0.6) is 0 Å². The summed E-state index contributed by atoms with van der Waals surface area (Å²) in [4.78, 5) is 44.3. The molecule has 5 aromatic rings. The van der Waals surface area contributed by atoms with Gasteiger partial charge in [-0.15, -0.1) is 0 Å². The molecule has 0 radical (unpaired) electrons. The van der Waals surface area contributed by atoms with E-state index in [-0.39, 0.29) is 37.7 Å². The minimum atomic E-state index is -0.439. The molecule has 256 valence electrons. The Labute approximate surface area is 294 Å². The van der Waals surface area contributed by atoms with Crippen LogP contribution in [0.1, 0.15) is 17.5 Å². The number of hydrogen-bond acceptors (Lipinski definition) is 3. The average molecular weight is 669 g/mol. The molecule has 0 aliphatic rings. The first-order chi connectivity index (χ1) is 24.5. The Kier molecular flexibility index (Phi) is 13.4. The van der Waals surface area contributed by atoms with Gasteiger partial charge in [-0.1, -0.05) is 115 Å². The minimum Gasteiger partial charge on any atom is -0.336 e. The Bertz CT molecular complexity index is 1740. The Morgan fingerprint density at radius 1 is 0.500 bits per heavy atom. The zero-order valence-electron chi connectivity index (χ0n) is 28.1. The summed E-state index contributed by atoms with van der Waals surface area (Å²) in [6.45, 7) is 1.17. The highest BCUT2D eigenvalue weighted by Crippen LogP contribution is 2.15. The van der Waals surface area contributed by atoms with Crippen molar-refractivity contribution >= 4 is 35.2 Å². The molecule has 0 bridgehead atoms. The monoisotopic (exact) mass is 668 g/mol. The van der Waals surface area contributed by atoms with Crippen LogP contribution in [-0.4, -0.2) is 60.1 Å². The summed E-state index contributed by atoms with van der Waals surface area (Å²) in [6.07, 6.45) is 2.04. The highest BCUT2D eigenvalue weighted by Gasteiger charge is 2.27. The van der Waals surface area contributed by atoms with E-state index in [1.165, 1.54) is 5.56 Å². The van der Waals surface area contributed by atoms with Crippen LogP contribution in [0.3, 0.4) is 0 Å². The molecule has 0 saturated carbocycles. The molecule has 50 heavy (non-hydrogen) atoms. The maximum atomic E-state index is 14.1. The fourth-order valence-corrected chi connectivity index (χ4v) is 5.64. The lowest BCUT2D eigenvalue weighted by molar-refractivity contribution is 0.167. The maximum absolute atomic E-state index is 14.1. The van der Waals surface area contributed by atoms with Gasteiger partial charge < -0.3 is 31.1 Å². The van der Waals surface area contributed by atoms with Crippen molar-refractivity contribution in [2.75, 3.05) is 42.1 Å². The highest BCUT2D eigenvalue weighted by molar-refractivity contribution is 5.91. The maximum Gasteiger partial charge on any atom is 0.322 e. The van der Waals surface area contributed by atoms with E-state index >= 15 is 0 Å². The zero-order valence-corrected chi connectivity index (χ0v) is 28.1. The van der Waals surface area contributed by atoms with Crippen LogP contribution in [0, 0.1) is 0 Å². The predicted octanol–water partition coefficient (Wildman–Crippen LogP) is 8.12. The van der Waals surface area contributed by atoms with Gasteiger partial charge >= 0.3 is 18.1 Å². The molecule has 9 nitrogen and oxygen atoms in total. The highest BCUT2D eigenvalue weighted by atomic mass is 16.2. The summed E-state index contributed by atoms with van der Waals surface area (Å²) >= 11 is 0. The molecule has 4 N–H and O–H groups in total. The predicted molar refractivity (Wildman–Crippen MR) is 201 cm³/mol. The Morgan fingerprint density at radius 3 is 1.50 bits per heavy atom. The molecule has 0 fully saturated rings. The fourth-order valence-electron chi connectivity index (χ4n) is 5.64. The molecule has 0 saturated heterocycles. The summed E-state index contributed by atoms with van der Waals surface area (Å²) in [6, 6.07) is 46.5. The van der Waals surface area contributed by atoms with Gasteiger partial charge in [0.1, 0.15) is 0 Å². The number of amides is 6. The number of para-hydroxylation sites is 3. The lowest BCUT2D eigenvalue weighted by Gasteiger charge is -2.34. The van der Waals surface area contributed by atoms with E-state index in [1.54, 1.807) is 9.80 Å². The normalized spacial score (nSPS) is 11.1. The van der Waals surface area contributed by atoms with Gasteiger partial charge in [0, 0.05) is 43.2 Å². The number of nitrogens with one attached hydrogen (secondary N) is 4. The first kappa shape index (κ1) is 35.2. The standard InChI is InChI=1S/C41H44N6O3/c48-39(43-35-22-10-3-11-23-35)42-32-38(31-34-19-8-2-9-20-34)47(41(50)45-37-26-14-5-15-27-37)30-29-46(28-16-21-33-17-6-1-7-18-33)40(49)44-36-24-12-4-13-25-36/h1-15,17-20,22-27,38H,16,21,28-32H2,(H,44,49)(H,45,50)(H2,42,43,48). The quantitative estimate of drug-likeness (QED) is 0.0906. The van der Waals surface area contributed by atoms with Crippen molar-refractivity contribution in [1.82, 2.24) is 15.1 Å². The average Bonchev–Trinajstić information content (AvgIpc) is 3.15. The van der Waals surface area contributed by atoms with Crippen LogP contribution in [0.25, 0.3) is 0 Å². The second-order valence-corrected chi connectivity index (χ2v) is 11.9. The number of anilines is 3. The van der Waals surface area contributed by atoms with E-state index in [1.807, 2.05) is 140 Å². The third-order valence-corrected chi connectivity index (χ3v) is 8.23. The van der Waals surface area contributed by atoms with Crippen molar-refractivity contribution < 1.29 is 14.4 Å². The molecule has 0 heterocycles. The number of urea groups is 3. The molecule has 0 spiro atoms. The first-order valence-electron chi connectivity index (χ1n) is 16.9. The second-order valence-electron chi connectivity index (χ2n) is 11.9. The van der Waals surface area contributed by atoms with Crippen LogP contribution < -0.4 is 21.3 Å². The van der Waals surface area contributed by atoms with Crippen LogP contribution in [0.2, 0.25) is 0 Å². The van der Waals surface area contributed by atoms with Gasteiger partial charge in [-0.2, -0.15) is 0 Å². The largest absolute Gasteiger partial charge is 0.336 e. The van der Waals surface area contributed by atoms with Crippen molar-refractivity contribution in [3.05, 3.63) is 163 Å². The van der Waals surface area contributed by atoms with Crippen LogP contribution in [0.15, 0.2) is 152 Å². The Hall–Kier alpha value is -6.09. The minimum absolute atomic E-state index is 0.181. The first-order valence-corrected chi connectivity index (χ1v) is 16.9. The van der Waals surface area contributed by atoms with Gasteiger partial charge in [-0.3, -0.25) is 0 Å². The number of benzene rings is 5. The molecule has 0 aliphatic heterocycles. The topological polar surface area (TPSA) is 106 Å². The number of rotatable bonds is 15. The summed E-state index contributed by atoms with van der Waals surface area (Å²) < 4.78 is 0. The van der Waals surface area contributed by atoms with Crippen molar-refractivity contribution in [2.45, 2.75) is 25.3 Å². The zero-order chi connectivity index (χ0) is 34.8. The van der Waals surface area contributed by atoms with Gasteiger partial charge in [-0.25, -0.2) is 14.4 Å². The molecule has 9 heteroatoms. The van der Waals surface area contributed by atoms with Gasteiger partial charge in [-0.05, 0) is 66.8 Å². The van der Waals surface area contributed by atoms with E-state index in [9.17, 15) is 14.4 Å². The summed E-state index contributed by atoms with van der Waals surface area (Å²) in [5.74, 6) is 0. The molecule has 6 amide bonds. The van der Waals surface area contributed by atoms with Crippen LogP contribution in [0.4, 0.5) is 31.4 Å². The Balaban J connectivity index is 1.37.